The average molecular weight is 403 g/mol. The highest BCUT2D eigenvalue weighted by Crippen LogP contribution is 2.67. The van der Waals surface area contributed by atoms with Crippen molar-refractivity contribution < 1.29 is 10.2 Å². The van der Waals surface area contributed by atoms with Gasteiger partial charge in [-0.05, 0) is 91.3 Å². The molecule has 0 spiro atoms. The van der Waals surface area contributed by atoms with Gasteiger partial charge in [0.2, 0.25) is 0 Å². The third-order valence-corrected chi connectivity index (χ3v) is 10.3. The van der Waals surface area contributed by atoms with Gasteiger partial charge in [-0.1, -0.05) is 65.5 Å². The van der Waals surface area contributed by atoms with Gasteiger partial charge in [0.05, 0.1) is 12.2 Å². The van der Waals surface area contributed by atoms with E-state index in [1.165, 1.54) is 50.5 Å². The Morgan fingerprint density at radius 2 is 1.72 bits per heavy atom. The lowest BCUT2D eigenvalue weighted by Crippen LogP contribution is -2.54. The van der Waals surface area contributed by atoms with Crippen molar-refractivity contribution in [3.05, 3.63) is 11.6 Å². The topological polar surface area (TPSA) is 40.5 Å². The number of rotatable bonds is 5. The van der Waals surface area contributed by atoms with Gasteiger partial charge in [-0.15, -0.1) is 0 Å². The molecule has 2 N–H and O–H groups in total. The summed E-state index contributed by atoms with van der Waals surface area (Å²) >= 11 is 0. The Kier molecular flexibility index (Phi) is 6.01. The molecule has 0 heterocycles. The van der Waals surface area contributed by atoms with E-state index in [0.29, 0.717) is 23.2 Å². The maximum Gasteiger partial charge on any atom is 0.0757 e. The van der Waals surface area contributed by atoms with Crippen LogP contribution in [0.5, 0.6) is 0 Å². The molecule has 4 aliphatic carbocycles. The van der Waals surface area contributed by atoms with E-state index in [0.717, 1.165) is 37.0 Å². The van der Waals surface area contributed by atoms with Crippen LogP contribution in [0.25, 0.3) is 0 Å². The predicted octanol–water partition coefficient (Wildman–Crippen LogP) is 6.36. The van der Waals surface area contributed by atoms with Crippen molar-refractivity contribution in [2.45, 2.75) is 111 Å². The van der Waals surface area contributed by atoms with Crippen LogP contribution in [-0.4, -0.2) is 22.4 Å². The number of aliphatic hydroxyl groups excluding tert-OH is 2. The summed E-state index contributed by atoms with van der Waals surface area (Å²) in [5, 5.41) is 21.5. The average Bonchev–Trinajstić information content (AvgIpc) is 3.00. The van der Waals surface area contributed by atoms with Gasteiger partial charge < -0.3 is 10.2 Å². The van der Waals surface area contributed by atoms with E-state index in [2.05, 4.69) is 40.7 Å². The second kappa shape index (κ2) is 7.97. The van der Waals surface area contributed by atoms with Gasteiger partial charge in [-0.3, -0.25) is 0 Å². The van der Waals surface area contributed by atoms with Crippen molar-refractivity contribution in [3.8, 4) is 0 Å². The largest absolute Gasteiger partial charge is 0.393 e. The molecule has 29 heavy (non-hydrogen) atoms. The van der Waals surface area contributed by atoms with Gasteiger partial charge in [0.15, 0.2) is 0 Å². The molecule has 0 aliphatic heterocycles. The molecule has 2 heteroatoms. The first kappa shape index (κ1) is 21.9. The summed E-state index contributed by atoms with van der Waals surface area (Å²) in [5.41, 5.74) is 1.99. The van der Waals surface area contributed by atoms with E-state index in [-0.39, 0.29) is 17.6 Å². The molecule has 0 saturated heterocycles. The number of aliphatic hydroxyl groups is 2. The highest BCUT2D eigenvalue weighted by atomic mass is 16.3. The van der Waals surface area contributed by atoms with Crippen LogP contribution in [0.2, 0.25) is 0 Å². The van der Waals surface area contributed by atoms with Crippen LogP contribution in [0.4, 0.5) is 0 Å². The smallest absolute Gasteiger partial charge is 0.0757 e. The van der Waals surface area contributed by atoms with Crippen LogP contribution in [0.15, 0.2) is 11.6 Å². The molecule has 4 aliphatic rings. The fourth-order valence-electron chi connectivity index (χ4n) is 8.65. The van der Waals surface area contributed by atoms with E-state index in [4.69, 9.17) is 0 Å². The highest BCUT2D eigenvalue weighted by Gasteiger charge is 2.61. The molecule has 0 aromatic heterocycles. The molecule has 1 unspecified atom stereocenters. The summed E-state index contributed by atoms with van der Waals surface area (Å²) in [6, 6.07) is 0. The Hall–Kier alpha value is -0.340. The van der Waals surface area contributed by atoms with E-state index >= 15 is 0 Å². The van der Waals surface area contributed by atoms with E-state index in [1.807, 2.05) is 0 Å². The van der Waals surface area contributed by atoms with Gasteiger partial charge >= 0.3 is 0 Å². The van der Waals surface area contributed by atoms with Gasteiger partial charge in [-0.25, -0.2) is 0 Å². The molecule has 0 bridgehead atoms. The standard InChI is InChI=1S/C27H46O2/c1-17(2)7-6-8-18(3)21-9-10-22-25-23(12-14-27(21,22)5)26(4)13-11-20(28)15-19(26)16-24(25)29/h16-18,20-25,28-29H,6-15H2,1-5H3/t18-,20-,21?,22-,23-,24+,25-,26-,27+/m1/s1. The Morgan fingerprint density at radius 1 is 0.966 bits per heavy atom. The SMILES string of the molecule is CC(C)CCC[C@@H](C)C1CC[C@@H]2[C@@H]3[C@@H](CC[C@@]12C)[C@]1(C)CC[C@@H](O)CC1=C[C@@H]3O. The van der Waals surface area contributed by atoms with Crippen LogP contribution >= 0.6 is 0 Å². The fourth-order valence-corrected chi connectivity index (χ4v) is 8.65. The summed E-state index contributed by atoms with van der Waals surface area (Å²) in [6.07, 6.45) is 13.9. The number of hydrogen-bond donors (Lipinski definition) is 2. The zero-order valence-corrected chi connectivity index (χ0v) is 19.7. The highest BCUT2D eigenvalue weighted by molar-refractivity contribution is 5.27. The summed E-state index contributed by atoms with van der Waals surface area (Å²) in [6.45, 7) is 12.2. The van der Waals surface area contributed by atoms with Crippen LogP contribution in [0.1, 0.15) is 98.8 Å². The van der Waals surface area contributed by atoms with Crippen molar-refractivity contribution in [2.24, 2.45) is 46.3 Å². The number of fused-ring (bicyclic) bond motifs is 5. The Bertz CT molecular complexity index is 624. The molecule has 2 nitrogen and oxygen atoms in total. The Balaban J connectivity index is 1.54. The van der Waals surface area contributed by atoms with Crippen molar-refractivity contribution >= 4 is 0 Å². The molecule has 0 aromatic rings. The minimum absolute atomic E-state index is 0.200. The molecular formula is C27H46O2. The second-order valence-electron chi connectivity index (χ2n) is 12.3. The van der Waals surface area contributed by atoms with Crippen molar-refractivity contribution in [2.75, 3.05) is 0 Å². The van der Waals surface area contributed by atoms with Crippen molar-refractivity contribution in [3.63, 3.8) is 0 Å². The predicted molar refractivity (Wildman–Crippen MR) is 120 cm³/mol. The molecule has 0 amide bonds. The first-order valence-corrected chi connectivity index (χ1v) is 12.7. The lowest BCUT2D eigenvalue weighted by atomic mass is 9.46. The van der Waals surface area contributed by atoms with Crippen LogP contribution in [-0.2, 0) is 0 Å². The molecular weight excluding hydrogens is 356 g/mol. The Morgan fingerprint density at radius 3 is 2.45 bits per heavy atom. The van der Waals surface area contributed by atoms with Crippen molar-refractivity contribution in [1.82, 2.24) is 0 Å². The third kappa shape index (κ3) is 3.65. The lowest BCUT2D eigenvalue weighted by Gasteiger charge is -2.59. The lowest BCUT2D eigenvalue weighted by molar-refractivity contribution is -0.0970. The second-order valence-corrected chi connectivity index (χ2v) is 12.3. The molecule has 3 saturated carbocycles. The van der Waals surface area contributed by atoms with Crippen LogP contribution in [0.3, 0.4) is 0 Å². The van der Waals surface area contributed by atoms with Crippen molar-refractivity contribution in [1.29, 1.82) is 0 Å². The van der Waals surface area contributed by atoms with Gasteiger partial charge in [0.1, 0.15) is 0 Å². The van der Waals surface area contributed by atoms with E-state index in [1.54, 1.807) is 0 Å². The first-order valence-electron chi connectivity index (χ1n) is 12.7. The number of hydrogen-bond acceptors (Lipinski definition) is 2. The van der Waals surface area contributed by atoms with Crippen LogP contribution in [0, 0.1) is 46.3 Å². The monoisotopic (exact) mass is 402 g/mol. The van der Waals surface area contributed by atoms with E-state index < -0.39 is 0 Å². The zero-order chi connectivity index (χ0) is 21.0. The molecule has 9 atom stereocenters. The summed E-state index contributed by atoms with van der Waals surface area (Å²) < 4.78 is 0. The molecule has 166 valence electrons. The summed E-state index contributed by atoms with van der Waals surface area (Å²) in [7, 11) is 0. The molecule has 0 radical (unpaired) electrons. The maximum absolute atomic E-state index is 11.3. The van der Waals surface area contributed by atoms with Crippen LogP contribution < -0.4 is 0 Å². The fraction of sp³-hybridized carbons (Fsp3) is 0.926. The molecule has 0 aromatic carbocycles. The van der Waals surface area contributed by atoms with Gasteiger partial charge in [0.25, 0.3) is 0 Å². The summed E-state index contributed by atoms with van der Waals surface area (Å²) in [4.78, 5) is 0. The third-order valence-electron chi connectivity index (χ3n) is 10.3. The first-order chi connectivity index (χ1) is 13.7. The van der Waals surface area contributed by atoms with E-state index in [9.17, 15) is 10.2 Å². The minimum atomic E-state index is -0.298. The van der Waals surface area contributed by atoms with Gasteiger partial charge in [-0.2, -0.15) is 0 Å². The quantitative estimate of drug-likeness (QED) is 0.525. The minimum Gasteiger partial charge on any atom is -0.393 e. The zero-order valence-electron chi connectivity index (χ0n) is 19.7. The van der Waals surface area contributed by atoms with Gasteiger partial charge in [0, 0.05) is 0 Å². The normalized spacial score (nSPS) is 47.9. The molecule has 3 fully saturated rings. The Labute approximate surface area is 179 Å². The molecule has 4 rings (SSSR count). The maximum atomic E-state index is 11.3. The summed E-state index contributed by atoms with van der Waals surface area (Å²) in [5.74, 6) is 4.18.